The first kappa shape index (κ1) is 9.50. The maximum Gasteiger partial charge on any atom is 0.139 e. The summed E-state index contributed by atoms with van der Waals surface area (Å²) in [6.45, 7) is 4.12. The fraction of sp³-hybridized carbons (Fsp3) is 0.727. The lowest BCUT2D eigenvalue weighted by molar-refractivity contribution is -0.130. The molecule has 0 spiro atoms. The van der Waals surface area contributed by atoms with Crippen molar-refractivity contribution < 1.29 is 4.79 Å². The molecular formula is C11H18O. The fourth-order valence-corrected chi connectivity index (χ4v) is 1.84. The SMILES string of the molecule is C/C=C/C[C@@]1(C)CCCCC1=O. The molecule has 0 saturated heterocycles. The van der Waals surface area contributed by atoms with Crippen LogP contribution in [0.3, 0.4) is 0 Å². The van der Waals surface area contributed by atoms with Gasteiger partial charge in [0.2, 0.25) is 0 Å². The molecule has 68 valence electrons. The first-order chi connectivity index (χ1) is 5.69. The molecule has 0 aromatic rings. The highest BCUT2D eigenvalue weighted by molar-refractivity contribution is 5.85. The Labute approximate surface area is 74.9 Å². The van der Waals surface area contributed by atoms with Crippen LogP contribution < -0.4 is 0 Å². The Morgan fingerprint density at radius 1 is 1.50 bits per heavy atom. The third-order valence-corrected chi connectivity index (χ3v) is 2.86. The first-order valence-electron chi connectivity index (χ1n) is 4.83. The van der Waals surface area contributed by atoms with Crippen LogP contribution >= 0.6 is 0 Å². The number of hydrogen-bond acceptors (Lipinski definition) is 1. The average Bonchev–Trinajstić information content (AvgIpc) is 2.07. The highest BCUT2D eigenvalue weighted by atomic mass is 16.1. The lowest BCUT2D eigenvalue weighted by atomic mass is 9.72. The van der Waals surface area contributed by atoms with Crippen LogP contribution in [-0.4, -0.2) is 5.78 Å². The van der Waals surface area contributed by atoms with Gasteiger partial charge in [-0.15, -0.1) is 0 Å². The van der Waals surface area contributed by atoms with E-state index < -0.39 is 0 Å². The molecule has 1 nitrogen and oxygen atoms in total. The summed E-state index contributed by atoms with van der Waals surface area (Å²) < 4.78 is 0. The van der Waals surface area contributed by atoms with Gasteiger partial charge in [0, 0.05) is 11.8 Å². The van der Waals surface area contributed by atoms with Crippen molar-refractivity contribution in [1.29, 1.82) is 0 Å². The van der Waals surface area contributed by atoms with Crippen LogP contribution in [0, 0.1) is 5.41 Å². The predicted molar refractivity (Wildman–Crippen MR) is 51.0 cm³/mol. The molecule has 1 aliphatic carbocycles. The molecule has 0 amide bonds. The second-order valence-corrected chi connectivity index (χ2v) is 3.96. The molecule has 0 radical (unpaired) electrons. The highest BCUT2D eigenvalue weighted by Crippen LogP contribution is 2.35. The van der Waals surface area contributed by atoms with Crippen LogP contribution in [0.4, 0.5) is 0 Å². The van der Waals surface area contributed by atoms with Gasteiger partial charge in [0.15, 0.2) is 0 Å². The fourth-order valence-electron chi connectivity index (χ4n) is 1.84. The van der Waals surface area contributed by atoms with E-state index in [4.69, 9.17) is 0 Å². The van der Waals surface area contributed by atoms with E-state index in [2.05, 4.69) is 13.0 Å². The van der Waals surface area contributed by atoms with Crippen molar-refractivity contribution in [2.24, 2.45) is 5.41 Å². The summed E-state index contributed by atoms with van der Waals surface area (Å²) >= 11 is 0. The van der Waals surface area contributed by atoms with Crippen LogP contribution in [0.5, 0.6) is 0 Å². The van der Waals surface area contributed by atoms with E-state index in [1.54, 1.807) is 0 Å². The zero-order valence-corrected chi connectivity index (χ0v) is 8.10. The molecule has 0 N–H and O–H groups in total. The lowest BCUT2D eigenvalue weighted by Crippen LogP contribution is -2.30. The molecule has 0 bridgehead atoms. The Hall–Kier alpha value is -0.590. The molecular weight excluding hydrogens is 148 g/mol. The van der Waals surface area contributed by atoms with E-state index in [1.165, 1.54) is 6.42 Å². The summed E-state index contributed by atoms with van der Waals surface area (Å²) in [5.74, 6) is 0.465. The number of Topliss-reactive ketones (excluding diaryl/α,β-unsaturated/α-hetero) is 1. The third-order valence-electron chi connectivity index (χ3n) is 2.86. The number of rotatable bonds is 2. The molecule has 0 unspecified atom stereocenters. The zero-order valence-electron chi connectivity index (χ0n) is 8.10. The molecule has 0 aromatic carbocycles. The first-order valence-corrected chi connectivity index (χ1v) is 4.83. The average molecular weight is 166 g/mol. The van der Waals surface area contributed by atoms with Crippen molar-refractivity contribution >= 4 is 5.78 Å². The van der Waals surface area contributed by atoms with Crippen LogP contribution in [0.25, 0.3) is 0 Å². The monoisotopic (exact) mass is 166 g/mol. The van der Waals surface area contributed by atoms with Gasteiger partial charge in [-0.3, -0.25) is 4.79 Å². The van der Waals surface area contributed by atoms with Gasteiger partial charge in [0.05, 0.1) is 0 Å². The number of ketones is 1. The second-order valence-electron chi connectivity index (χ2n) is 3.96. The molecule has 1 rings (SSSR count). The van der Waals surface area contributed by atoms with Crippen LogP contribution in [-0.2, 0) is 4.79 Å². The van der Waals surface area contributed by atoms with Gasteiger partial charge >= 0.3 is 0 Å². The molecule has 12 heavy (non-hydrogen) atoms. The van der Waals surface area contributed by atoms with E-state index in [9.17, 15) is 4.79 Å². The molecule has 0 heterocycles. The number of allylic oxidation sites excluding steroid dienone is 2. The highest BCUT2D eigenvalue weighted by Gasteiger charge is 2.33. The van der Waals surface area contributed by atoms with Crippen LogP contribution in [0.1, 0.15) is 46.0 Å². The largest absolute Gasteiger partial charge is 0.299 e. The minimum absolute atomic E-state index is 0.0369. The van der Waals surface area contributed by atoms with Crippen molar-refractivity contribution in [1.82, 2.24) is 0 Å². The summed E-state index contributed by atoms with van der Waals surface area (Å²) in [6, 6.07) is 0. The third kappa shape index (κ3) is 1.96. The Balaban J connectivity index is 2.59. The topological polar surface area (TPSA) is 17.1 Å². The number of carbonyl (C=O) groups is 1. The Kier molecular flexibility index (Phi) is 3.07. The van der Waals surface area contributed by atoms with Gasteiger partial charge in [0.25, 0.3) is 0 Å². The maximum absolute atomic E-state index is 11.6. The van der Waals surface area contributed by atoms with Crippen molar-refractivity contribution in [3.05, 3.63) is 12.2 Å². The van der Waals surface area contributed by atoms with Gasteiger partial charge in [-0.25, -0.2) is 0 Å². The number of hydrogen-bond donors (Lipinski definition) is 0. The van der Waals surface area contributed by atoms with Crippen LogP contribution in [0.2, 0.25) is 0 Å². The Bertz CT molecular complexity index is 193. The Morgan fingerprint density at radius 2 is 2.25 bits per heavy atom. The standard InChI is InChI=1S/C11H18O/c1-3-4-8-11(2)9-6-5-7-10(11)12/h3-4H,5-9H2,1-2H3/b4-3+/t11-/m0/s1. The van der Waals surface area contributed by atoms with Crippen molar-refractivity contribution in [3.8, 4) is 0 Å². The Morgan fingerprint density at radius 3 is 2.83 bits per heavy atom. The molecule has 0 aliphatic heterocycles. The van der Waals surface area contributed by atoms with Crippen molar-refractivity contribution in [2.75, 3.05) is 0 Å². The molecule has 1 atom stereocenters. The predicted octanol–water partition coefficient (Wildman–Crippen LogP) is 3.10. The van der Waals surface area contributed by atoms with Gasteiger partial charge in [-0.1, -0.05) is 25.5 Å². The molecule has 1 saturated carbocycles. The quantitative estimate of drug-likeness (QED) is 0.576. The van der Waals surface area contributed by atoms with Crippen LogP contribution in [0.15, 0.2) is 12.2 Å². The molecule has 1 fully saturated rings. The van der Waals surface area contributed by atoms with Gasteiger partial charge in [-0.05, 0) is 26.2 Å². The molecule has 1 aliphatic rings. The van der Waals surface area contributed by atoms with E-state index in [0.29, 0.717) is 5.78 Å². The maximum atomic E-state index is 11.6. The summed E-state index contributed by atoms with van der Waals surface area (Å²) in [6.07, 6.45) is 9.28. The van der Waals surface area contributed by atoms with Crippen molar-refractivity contribution in [3.63, 3.8) is 0 Å². The van der Waals surface area contributed by atoms with E-state index in [-0.39, 0.29) is 5.41 Å². The molecule has 1 heteroatoms. The lowest BCUT2D eigenvalue weighted by Gasteiger charge is -2.30. The van der Waals surface area contributed by atoms with E-state index in [0.717, 1.165) is 25.7 Å². The second kappa shape index (κ2) is 3.88. The zero-order chi connectivity index (χ0) is 9.03. The normalized spacial score (nSPS) is 31.3. The van der Waals surface area contributed by atoms with Gasteiger partial charge in [-0.2, -0.15) is 0 Å². The minimum atomic E-state index is -0.0369. The van der Waals surface area contributed by atoms with Gasteiger partial charge in [0.1, 0.15) is 5.78 Å². The van der Waals surface area contributed by atoms with Gasteiger partial charge < -0.3 is 0 Å². The summed E-state index contributed by atoms with van der Waals surface area (Å²) in [5, 5.41) is 0. The molecule has 0 aromatic heterocycles. The summed E-state index contributed by atoms with van der Waals surface area (Å²) in [5.41, 5.74) is -0.0369. The van der Waals surface area contributed by atoms with Crippen molar-refractivity contribution in [2.45, 2.75) is 46.0 Å². The summed E-state index contributed by atoms with van der Waals surface area (Å²) in [7, 11) is 0. The smallest absolute Gasteiger partial charge is 0.139 e. The summed E-state index contributed by atoms with van der Waals surface area (Å²) in [4.78, 5) is 11.6. The number of carbonyl (C=O) groups excluding carboxylic acids is 1. The minimum Gasteiger partial charge on any atom is -0.299 e. The van der Waals surface area contributed by atoms with E-state index in [1.807, 2.05) is 13.0 Å². The van der Waals surface area contributed by atoms with E-state index >= 15 is 0 Å².